The number of halogens is 2. The van der Waals surface area contributed by atoms with E-state index in [2.05, 4.69) is 4.74 Å². The monoisotopic (exact) mass is 280 g/mol. The normalized spacial score (nSPS) is 13.1. The Bertz CT molecular complexity index is 463. The molecule has 1 aromatic rings. The van der Waals surface area contributed by atoms with Crippen LogP contribution in [0.1, 0.15) is 17.8 Å². The minimum absolute atomic E-state index is 0.153. The zero-order chi connectivity index (χ0) is 13.9. The van der Waals surface area contributed by atoms with Gasteiger partial charge in [-0.05, 0) is 13.0 Å². The average molecular weight is 280 g/mol. The number of nitrogens with two attached hydrogens (primary N) is 1. The van der Waals surface area contributed by atoms with Crippen LogP contribution in [0.2, 0.25) is 0 Å². The fraction of sp³-hybridized carbons (Fsp3) is 0.444. The number of nitro groups is 1. The zero-order valence-electron chi connectivity index (χ0n) is 9.26. The molecule has 0 aliphatic carbocycles. The molecule has 0 bridgehead atoms. The number of alkyl halides is 2. The molecule has 0 amide bonds. The summed E-state index contributed by atoms with van der Waals surface area (Å²) in [5.41, 5.74) is 5.25. The number of carbonyl (C=O) groups excluding carboxylic acids is 1. The molecule has 18 heavy (non-hydrogen) atoms. The summed E-state index contributed by atoms with van der Waals surface area (Å²) in [6.45, 7) is 1.18. The van der Waals surface area contributed by atoms with Crippen LogP contribution in [-0.4, -0.2) is 23.4 Å². The summed E-state index contributed by atoms with van der Waals surface area (Å²) in [5, 5.41) is 10.1. The number of ether oxygens (including phenoxy) is 1. The molecule has 2 N–H and O–H groups in total. The molecule has 0 spiro atoms. The van der Waals surface area contributed by atoms with Crippen molar-refractivity contribution in [2.45, 2.75) is 18.9 Å². The highest BCUT2D eigenvalue weighted by Gasteiger charge is 2.48. The van der Waals surface area contributed by atoms with Crippen molar-refractivity contribution in [1.82, 2.24) is 0 Å². The molecule has 0 radical (unpaired) electrons. The Morgan fingerprint density at radius 2 is 2.28 bits per heavy atom. The fourth-order valence-corrected chi connectivity index (χ4v) is 2.00. The molecule has 0 fully saturated rings. The smallest absolute Gasteiger partial charge is 0.379 e. The maximum Gasteiger partial charge on any atom is 0.379 e. The number of carbonyl (C=O) groups is 1. The fourth-order valence-electron chi connectivity index (χ4n) is 1.14. The lowest BCUT2D eigenvalue weighted by Gasteiger charge is -2.20. The highest BCUT2D eigenvalue weighted by Crippen LogP contribution is 2.36. The van der Waals surface area contributed by atoms with Gasteiger partial charge in [0.1, 0.15) is 6.04 Å². The number of hydrogen-bond donors (Lipinski definition) is 1. The molecule has 0 unspecified atom stereocenters. The van der Waals surface area contributed by atoms with Crippen LogP contribution in [0.3, 0.4) is 0 Å². The second-order valence-electron chi connectivity index (χ2n) is 3.25. The van der Waals surface area contributed by atoms with Crippen LogP contribution in [0.15, 0.2) is 12.1 Å². The predicted molar refractivity (Wildman–Crippen MR) is 59.5 cm³/mol. The quantitative estimate of drug-likeness (QED) is 0.504. The highest BCUT2D eigenvalue weighted by molar-refractivity contribution is 7.15. The molecular formula is C9H10F2N2O4S. The Labute approximate surface area is 104 Å². The standard InChI is InChI=1S/C9H10F2N2O4S/c1-2-17-8(14)9(10,11)7(12)5-3-4-6(18-5)13(15)16/h3-4,7H,2,12H2,1H3/t7-/m1/s1. The second-order valence-corrected chi connectivity index (χ2v) is 4.35. The summed E-state index contributed by atoms with van der Waals surface area (Å²) in [6, 6.07) is 0.192. The Morgan fingerprint density at radius 3 is 2.72 bits per heavy atom. The van der Waals surface area contributed by atoms with Crippen LogP contribution in [0, 0.1) is 10.1 Å². The van der Waals surface area contributed by atoms with E-state index < -0.39 is 22.9 Å². The van der Waals surface area contributed by atoms with Gasteiger partial charge in [0.15, 0.2) is 0 Å². The van der Waals surface area contributed by atoms with Crippen LogP contribution in [0.5, 0.6) is 0 Å². The maximum atomic E-state index is 13.5. The Balaban J connectivity index is 2.94. The lowest BCUT2D eigenvalue weighted by molar-refractivity contribution is -0.380. The van der Waals surface area contributed by atoms with Crippen molar-refractivity contribution in [2.24, 2.45) is 5.73 Å². The molecule has 1 rings (SSSR count). The SMILES string of the molecule is CCOC(=O)C(F)(F)[C@H](N)c1ccc([N+](=O)[O-])s1. The van der Waals surface area contributed by atoms with Gasteiger partial charge in [-0.25, -0.2) is 4.79 Å². The minimum Gasteiger partial charge on any atom is -0.462 e. The lowest BCUT2D eigenvalue weighted by Crippen LogP contribution is -2.41. The second kappa shape index (κ2) is 5.36. The topological polar surface area (TPSA) is 95.5 Å². The van der Waals surface area contributed by atoms with Gasteiger partial charge >= 0.3 is 16.9 Å². The van der Waals surface area contributed by atoms with Crippen LogP contribution < -0.4 is 5.73 Å². The van der Waals surface area contributed by atoms with Gasteiger partial charge in [0.05, 0.1) is 11.5 Å². The zero-order valence-corrected chi connectivity index (χ0v) is 10.1. The van der Waals surface area contributed by atoms with Crippen molar-refractivity contribution in [1.29, 1.82) is 0 Å². The van der Waals surface area contributed by atoms with Crippen molar-refractivity contribution in [2.75, 3.05) is 6.61 Å². The molecule has 9 heteroatoms. The molecule has 0 saturated carbocycles. The van der Waals surface area contributed by atoms with E-state index in [4.69, 9.17) is 5.73 Å². The first-order valence-corrected chi connectivity index (χ1v) is 5.67. The van der Waals surface area contributed by atoms with Crippen LogP contribution >= 0.6 is 11.3 Å². The number of thiophene rings is 1. The van der Waals surface area contributed by atoms with Gasteiger partial charge < -0.3 is 10.5 Å². The summed E-state index contributed by atoms with van der Waals surface area (Å²) < 4.78 is 31.3. The Morgan fingerprint density at radius 1 is 1.67 bits per heavy atom. The van der Waals surface area contributed by atoms with Crippen LogP contribution in [0.4, 0.5) is 13.8 Å². The van der Waals surface area contributed by atoms with Crippen molar-refractivity contribution in [3.05, 3.63) is 27.1 Å². The van der Waals surface area contributed by atoms with Crippen LogP contribution in [0.25, 0.3) is 0 Å². The molecule has 6 nitrogen and oxygen atoms in total. The van der Waals surface area contributed by atoms with E-state index in [-0.39, 0.29) is 16.5 Å². The average Bonchev–Trinajstić information content (AvgIpc) is 2.77. The lowest BCUT2D eigenvalue weighted by atomic mass is 10.1. The summed E-state index contributed by atoms with van der Waals surface area (Å²) in [5.74, 6) is -5.66. The highest BCUT2D eigenvalue weighted by atomic mass is 32.1. The molecule has 1 heterocycles. The summed E-state index contributed by atoms with van der Waals surface area (Å²) >= 11 is 0.500. The van der Waals surface area contributed by atoms with Gasteiger partial charge in [-0.3, -0.25) is 10.1 Å². The van der Waals surface area contributed by atoms with Crippen molar-refractivity contribution >= 4 is 22.3 Å². The molecule has 1 aromatic heterocycles. The summed E-state index contributed by atoms with van der Waals surface area (Å²) in [6.07, 6.45) is 0. The van der Waals surface area contributed by atoms with Crippen molar-refractivity contribution < 1.29 is 23.2 Å². The van der Waals surface area contributed by atoms with Crippen molar-refractivity contribution in [3.8, 4) is 0 Å². The number of esters is 1. The molecule has 0 aromatic carbocycles. The third-order valence-corrected chi connectivity index (χ3v) is 3.16. The minimum atomic E-state index is -3.92. The van der Waals surface area contributed by atoms with E-state index in [0.717, 1.165) is 12.1 Å². The van der Waals surface area contributed by atoms with E-state index in [0.29, 0.717) is 11.3 Å². The maximum absolute atomic E-state index is 13.5. The van der Waals surface area contributed by atoms with Gasteiger partial charge in [0.2, 0.25) is 0 Å². The first kappa shape index (κ1) is 14.5. The molecule has 0 saturated heterocycles. The molecular weight excluding hydrogens is 270 g/mol. The number of rotatable bonds is 5. The largest absolute Gasteiger partial charge is 0.462 e. The molecule has 100 valence electrons. The Kier molecular flexibility index (Phi) is 4.30. The Hall–Kier alpha value is -1.61. The first-order chi connectivity index (χ1) is 8.30. The van der Waals surface area contributed by atoms with Gasteiger partial charge in [-0.2, -0.15) is 8.78 Å². The van der Waals surface area contributed by atoms with Gasteiger partial charge in [0, 0.05) is 10.9 Å². The summed E-state index contributed by atoms with van der Waals surface area (Å²) in [4.78, 5) is 20.6. The van der Waals surface area contributed by atoms with Gasteiger partial charge in [0.25, 0.3) is 0 Å². The molecule has 1 atom stereocenters. The third-order valence-electron chi connectivity index (χ3n) is 2.04. The van der Waals surface area contributed by atoms with E-state index in [1.807, 2.05) is 0 Å². The van der Waals surface area contributed by atoms with E-state index in [9.17, 15) is 23.7 Å². The van der Waals surface area contributed by atoms with E-state index >= 15 is 0 Å². The van der Waals surface area contributed by atoms with Crippen LogP contribution in [-0.2, 0) is 9.53 Å². The number of hydrogen-bond acceptors (Lipinski definition) is 6. The summed E-state index contributed by atoms with van der Waals surface area (Å²) in [7, 11) is 0. The number of nitrogens with zero attached hydrogens (tertiary/aromatic N) is 1. The van der Waals surface area contributed by atoms with E-state index in [1.165, 1.54) is 6.92 Å². The van der Waals surface area contributed by atoms with Gasteiger partial charge in [-0.15, -0.1) is 0 Å². The third kappa shape index (κ3) is 2.79. The molecule has 0 aliphatic rings. The van der Waals surface area contributed by atoms with E-state index in [1.54, 1.807) is 0 Å². The molecule has 0 aliphatic heterocycles. The first-order valence-electron chi connectivity index (χ1n) is 4.85. The van der Waals surface area contributed by atoms with Gasteiger partial charge in [-0.1, -0.05) is 11.3 Å². The van der Waals surface area contributed by atoms with Crippen molar-refractivity contribution in [3.63, 3.8) is 0 Å². The predicted octanol–water partition coefficient (Wildman–Crippen LogP) is 1.85.